The Morgan fingerprint density at radius 3 is 2.64 bits per heavy atom. The van der Waals surface area contributed by atoms with Gasteiger partial charge >= 0.3 is 5.97 Å². The number of β-lactam (4-membered cyclic amide) rings is 1. The molecule has 2 saturated heterocycles. The second-order valence-electron chi connectivity index (χ2n) is 7.94. The average Bonchev–Trinajstić information content (AvgIpc) is 3.31. The first-order chi connectivity index (χ1) is 15.6. The number of carbonyl (C=O) groups excluding carboxylic acids is 2. The molecule has 2 aliphatic rings. The number of nitrogens with two attached hydrogens (primary N) is 1. The quantitative estimate of drug-likeness (QED) is 0.232. The first-order valence-corrected chi connectivity index (χ1v) is 11.6. The molecule has 4 rings (SSSR count). The number of carboxylic acid groups (broad SMARTS) is 1. The average molecular weight is 488 g/mol. The van der Waals surface area contributed by atoms with Crippen LogP contribution in [0.3, 0.4) is 0 Å². The number of thiazole rings is 1. The number of oxime groups is 1. The van der Waals surface area contributed by atoms with Crippen LogP contribution >= 0.6 is 23.1 Å². The Labute approximate surface area is 197 Å². The van der Waals surface area contributed by atoms with Crippen LogP contribution in [0.5, 0.6) is 0 Å². The van der Waals surface area contributed by atoms with Crippen molar-refractivity contribution in [2.75, 3.05) is 5.73 Å². The Morgan fingerprint density at radius 1 is 1.33 bits per heavy atom. The Kier molecular flexibility index (Phi) is 5.89. The number of hydrogen-bond donors (Lipinski definition) is 3. The van der Waals surface area contributed by atoms with Gasteiger partial charge in [-0.25, -0.2) is 9.78 Å². The second kappa shape index (κ2) is 8.52. The van der Waals surface area contributed by atoms with Crippen molar-refractivity contribution in [1.82, 2.24) is 15.2 Å². The van der Waals surface area contributed by atoms with E-state index < -0.39 is 40.0 Å². The molecular formula is C21H21N5O5S2. The zero-order valence-corrected chi connectivity index (χ0v) is 19.4. The standard InChI is InChI=1S/C21H21N5O5S2/c1-10(11-7-5-4-6-8-11)31-25-13(12-9-32-20(22)23-12)16(27)24-14-17(28)26-15(19(29)30)21(2,3)33-18(14)26/h4-9,14-15,18H,1H2,2-3H3,(H2,22,23)(H,24,27)(H,29,30)/b25-13+/t14-,15+,18-/m1/s1. The fraction of sp³-hybridized carbons (Fsp3) is 0.286. The van der Waals surface area contributed by atoms with Crippen LogP contribution in [0.1, 0.15) is 25.1 Å². The summed E-state index contributed by atoms with van der Waals surface area (Å²) in [5.41, 5.74) is 6.39. The first-order valence-electron chi connectivity index (χ1n) is 9.84. The second-order valence-corrected chi connectivity index (χ2v) is 10.6. The number of nitrogens with one attached hydrogen (secondary N) is 1. The fourth-order valence-corrected chi connectivity index (χ4v) is 5.91. The van der Waals surface area contributed by atoms with Crippen LogP contribution in [-0.4, -0.2) is 60.7 Å². The molecule has 0 saturated carbocycles. The van der Waals surface area contributed by atoms with Crippen LogP contribution in [0, 0.1) is 0 Å². The minimum atomic E-state index is -1.08. The summed E-state index contributed by atoms with van der Waals surface area (Å²) >= 11 is 2.45. The number of carbonyl (C=O) groups is 3. The van der Waals surface area contributed by atoms with Crippen LogP contribution < -0.4 is 11.1 Å². The highest BCUT2D eigenvalue weighted by Gasteiger charge is 2.64. The molecule has 3 heterocycles. The van der Waals surface area contributed by atoms with Crippen LogP contribution in [0.4, 0.5) is 5.13 Å². The first kappa shape index (κ1) is 22.8. The summed E-state index contributed by atoms with van der Waals surface area (Å²) in [6, 6.07) is 7.13. The highest BCUT2D eigenvalue weighted by molar-refractivity contribution is 8.01. The van der Waals surface area contributed by atoms with Crippen molar-refractivity contribution in [3.8, 4) is 0 Å². The van der Waals surface area contributed by atoms with E-state index >= 15 is 0 Å². The van der Waals surface area contributed by atoms with Gasteiger partial charge in [0.2, 0.25) is 5.91 Å². The molecule has 0 unspecified atom stereocenters. The number of anilines is 1. The number of aromatic nitrogens is 1. The van der Waals surface area contributed by atoms with E-state index in [0.717, 1.165) is 11.3 Å². The van der Waals surface area contributed by atoms with Crippen molar-refractivity contribution < 1.29 is 24.3 Å². The summed E-state index contributed by atoms with van der Waals surface area (Å²) in [6.07, 6.45) is 0. The molecule has 2 fully saturated rings. The van der Waals surface area contributed by atoms with Crippen molar-refractivity contribution in [3.05, 3.63) is 53.5 Å². The number of fused-ring (bicyclic) bond motifs is 1. The van der Waals surface area contributed by atoms with Gasteiger partial charge in [0.25, 0.3) is 5.91 Å². The molecule has 10 nitrogen and oxygen atoms in total. The predicted octanol–water partition coefficient (Wildman–Crippen LogP) is 1.75. The van der Waals surface area contributed by atoms with Gasteiger partial charge in [-0.15, -0.1) is 23.1 Å². The molecule has 2 aromatic rings. The zero-order chi connectivity index (χ0) is 23.9. The van der Waals surface area contributed by atoms with Crippen molar-refractivity contribution in [2.24, 2.45) is 5.16 Å². The molecule has 0 bridgehead atoms. The number of carboxylic acids is 1. The number of nitrogen functional groups attached to an aromatic ring is 1. The number of aliphatic carboxylic acids is 1. The van der Waals surface area contributed by atoms with Crippen molar-refractivity contribution in [1.29, 1.82) is 0 Å². The third kappa shape index (κ3) is 4.18. The summed E-state index contributed by atoms with van der Waals surface area (Å²) in [5, 5.41) is 17.4. The Morgan fingerprint density at radius 2 is 2.03 bits per heavy atom. The van der Waals surface area contributed by atoms with Gasteiger partial charge in [-0.1, -0.05) is 42.1 Å². The normalized spacial score (nSPS) is 23.5. The lowest BCUT2D eigenvalue weighted by atomic mass is 9.96. The smallest absolute Gasteiger partial charge is 0.327 e. The summed E-state index contributed by atoms with van der Waals surface area (Å²) in [4.78, 5) is 48.3. The van der Waals surface area contributed by atoms with E-state index in [2.05, 4.69) is 22.0 Å². The van der Waals surface area contributed by atoms with Gasteiger partial charge in [0.1, 0.15) is 23.2 Å². The molecule has 12 heteroatoms. The summed E-state index contributed by atoms with van der Waals surface area (Å²) in [7, 11) is 0. The predicted molar refractivity (Wildman–Crippen MR) is 125 cm³/mol. The van der Waals surface area contributed by atoms with Gasteiger partial charge in [-0.3, -0.25) is 9.59 Å². The van der Waals surface area contributed by atoms with Gasteiger partial charge in [-0.2, -0.15) is 0 Å². The number of nitrogens with zero attached hydrogens (tertiary/aromatic N) is 3. The largest absolute Gasteiger partial charge is 0.480 e. The third-order valence-corrected chi connectivity index (χ3v) is 7.53. The van der Waals surface area contributed by atoms with Gasteiger partial charge in [0, 0.05) is 15.7 Å². The molecule has 1 aromatic heterocycles. The van der Waals surface area contributed by atoms with E-state index in [1.54, 1.807) is 43.5 Å². The Hall–Kier alpha value is -3.38. The van der Waals surface area contributed by atoms with E-state index in [4.69, 9.17) is 10.6 Å². The van der Waals surface area contributed by atoms with E-state index in [1.165, 1.54) is 16.7 Å². The van der Waals surface area contributed by atoms with E-state index in [1.807, 2.05) is 6.07 Å². The maximum Gasteiger partial charge on any atom is 0.327 e. The van der Waals surface area contributed by atoms with E-state index in [9.17, 15) is 19.5 Å². The van der Waals surface area contributed by atoms with Crippen molar-refractivity contribution in [3.63, 3.8) is 0 Å². The topological polar surface area (TPSA) is 147 Å². The van der Waals surface area contributed by atoms with E-state index in [-0.39, 0.29) is 22.3 Å². The summed E-state index contributed by atoms with van der Waals surface area (Å²) < 4.78 is -0.706. The highest BCUT2D eigenvalue weighted by Crippen LogP contribution is 2.50. The lowest BCUT2D eigenvalue weighted by molar-refractivity contribution is -0.160. The minimum absolute atomic E-state index is 0.177. The molecule has 172 valence electrons. The van der Waals surface area contributed by atoms with Crippen LogP contribution in [-0.2, 0) is 19.2 Å². The molecule has 4 N–H and O–H groups in total. The molecule has 1 aromatic carbocycles. The van der Waals surface area contributed by atoms with Gasteiger partial charge in [0.05, 0.1) is 0 Å². The Balaban J connectivity index is 1.54. The number of thioether (sulfide) groups is 1. The monoisotopic (exact) mass is 487 g/mol. The van der Waals surface area contributed by atoms with Crippen LogP contribution in [0.15, 0.2) is 47.4 Å². The maximum absolute atomic E-state index is 13.1. The minimum Gasteiger partial charge on any atom is -0.480 e. The lowest BCUT2D eigenvalue weighted by Gasteiger charge is -2.43. The molecule has 33 heavy (non-hydrogen) atoms. The highest BCUT2D eigenvalue weighted by atomic mass is 32.2. The van der Waals surface area contributed by atoms with Crippen molar-refractivity contribution >= 4 is 57.5 Å². The van der Waals surface area contributed by atoms with Gasteiger partial charge < -0.3 is 25.9 Å². The molecule has 3 atom stereocenters. The molecular weight excluding hydrogens is 466 g/mol. The number of rotatable bonds is 7. The SMILES string of the molecule is C=C(O/N=C(/C(=O)N[C@@H]1C(=O)N2[C@@H]1SC(C)(C)[C@@H]2C(=O)O)c1csc(N)n1)c1ccccc1. The number of amides is 2. The van der Waals surface area contributed by atoms with Crippen LogP contribution in [0.25, 0.3) is 5.76 Å². The number of hydrogen-bond acceptors (Lipinski definition) is 9. The Bertz CT molecular complexity index is 1160. The summed E-state index contributed by atoms with van der Waals surface area (Å²) in [6.45, 7) is 7.33. The zero-order valence-electron chi connectivity index (χ0n) is 17.7. The van der Waals surface area contributed by atoms with Crippen molar-refractivity contribution in [2.45, 2.75) is 36.1 Å². The van der Waals surface area contributed by atoms with Crippen LogP contribution in [0.2, 0.25) is 0 Å². The molecule has 0 spiro atoms. The maximum atomic E-state index is 13.1. The molecule has 2 amide bonds. The summed E-state index contributed by atoms with van der Waals surface area (Å²) in [5.74, 6) is -2.03. The fourth-order valence-electron chi connectivity index (χ4n) is 3.73. The molecule has 2 aliphatic heterocycles. The molecule has 0 aliphatic carbocycles. The number of benzene rings is 1. The van der Waals surface area contributed by atoms with E-state index in [0.29, 0.717) is 5.56 Å². The van der Waals surface area contributed by atoms with Gasteiger partial charge in [0.15, 0.2) is 16.6 Å². The lowest BCUT2D eigenvalue weighted by Crippen LogP contribution is -2.71. The molecule has 0 radical (unpaired) electrons. The third-order valence-electron chi connectivity index (χ3n) is 5.28. The van der Waals surface area contributed by atoms with Gasteiger partial charge in [-0.05, 0) is 13.8 Å².